The van der Waals surface area contributed by atoms with Crippen LogP contribution in [0, 0.1) is 0 Å². The number of nitrogens with two attached hydrogens (primary N) is 1. The zero-order valence-electron chi connectivity index (χ0n) is 11.0. The van der Waals surface area contributed by atoms with E-state index in [9.17, 15) is 0 Å². The van der Waals surface area contributed by atoms with Crippen LogP contribution in [0.25, 0.3) is 0 Å². The Morgan fingerprint density at radius 2 is 2.06 bits per heavy atom. The average Bonchev–Trinajstić information content (AvgIpc) is 2.25. The van der Waals surface area contributed by atoms with Crippen molar-refractivity contribution in [2.24, 2.45) is 0 Å². The van der Waals surface area contributed by atoms with E-state index in [1.54, 1.807) is 6.07 Å². The minimum atomic E-state index is 0.292. The summed E-state index contributed by atoms with van der Waals surface area (Å²) in [4.78, 5) is 8.70. The van der Waals surface area contributed by atoms with Gasteiger partial charge in [-0.25, -0.2) is 9.97 Å². The van der Waals surface area contributed by atoms with Crippen LogP contribution in [0.5, 0.6) is 0 Å². The normalized spacial score (nSPS) is 12.8. The number of rotatable bonds is 6. The summed E-state index contributed by atoms with van der Waals surface area (Å²) in [6.07, 6.45) is 3.23. The molecule has 1 atom stereocenters. The largest absolute Gasteiger partial charge is 0.384 e. The van der Waals surface area contributed by atoms with Gasteiger partial charge in [0.2, 0.25) is 0 Å². The van der Waals surface area contributed by atoms with E-state index in [0.29, 0.717) is 17.8 Å². The summed E-state index contributed by atoms with van der Waals surface area (Å²) >= 11 is 1.85. The van der Waals surface area contributed by atoms with Gasteiger partial charge in [0.25, 0.3) is 0 Å². The second kappa shape index (κ2) is 6.69. The maximum Gasteiger partial charge on any atom is 0.135 e. The topological polar surface area (TPSA) is 63.8 Å². The smallest absolute Gasteiger partial charge is 0.135 e. The van der Waals surface area contributed by atoms with E-state index in [2.05, 4.69) is 42.3 Å². The molecule has 0 radical (unpaired) electrons. The Hall–Kier alpha value is -0.970. The second-order valence-electron chi connectivity index (χ2n) is 4.52. The number of thioether (sulfide) groups is 1. The monoisotopic (exact) mass is 254 g/mol. The molecule has 1 aromatic heterocycles. The Kier molecular flexibility index (Phi) is 5.55. The Balaban J connectivity index is 2.70. The number of anilines is 2. The minimum Gasteiger partial charge on any atom is -0.384 e. The van der Waals surface area contributed by atoms with Crippen LogP contribution < -0.4 is 11.1 Å². The van der Waals surface area contributed by atoms with Crippen molar-refractivity contribution in [1.29, 1.82) is 0 Å². The van der Waals surface area contributed by atoms with E-state index in [1.165, 1.54) is 0 Å². The Labute approximate surface area is 108 Å². The molecule has 1 rings (SSSR count). The van der Waals surface area contributed by atoms with E-state index in [1.807, 2.05) is 11.8 Å². The first-order valence-electron chi connectivity index (χ1n) is 5.93. The lowest BCUT2D eigenvalue weighted by atomic mass is 10.2. The first-order valence-corrected chi connectivity index (χ1v) is 7.32. The SMILES string of the molecule is CSCCC(C)Nc1cc(N)nc(C(C)C)n1. The highest BCUT2D eigenvalue weighted by molar-refractivity contribution is 7.98. The average molecular weight is 254 g/mol. The molecule has 1 heterocycles. The van der Waals surface area contributed by atoms with Gasteiger partial charge in [-0.2, -0.15) is 11.8 Å². The molecule has 1 aromatic rings. The van der Waals surface area contributed by atoms with Crippen LogP contribution in [0.15, 0.2) is 6.07 Å². The number of hydrogen-bond donors (Lipinski definition) is 2. The van der Waals surface area contributed by atoms with Crippen LogP contribution >= 0.6 is 11.8 Å². The van der Waals surface area contributed by atoms with E-state index < -0.39 is 0 Å². The summed E-state index contributed by atoms with van der Waals surface area (Å²) in [6, 6.07) is 2.19. The van der Waals surface area contributed by atoms with Gasteiger partial charge in [-0.15, -0.1) is 0 Å². The van der Waals surface area contributed by atoms with E-state index >= 15 is 0 Å². The van der Waals surface area contributed by atoms with Crippen LogP contribution in [0.3, 0.4) is 0 Å². The molecule has 5 heteroatoms. The van der Waals surface area contributed by atoms with Gasteiger partial charge in [-0.3, -0.25) is 0 Å². The van der Waals surface area contributed by atoms with Gasteiger partial charge in [-0.05, 0) is 25.4 Å². The van der Waals surface area contributed by atoms with Gasteiger partial charge >= 0.3 is 0 Å². The lowest BCUT2D eigenvalue weighted by molar-refractivity contribution is 0.747. The predicted octanol–water partition coefficient (Wildman–Crippen LogP) is 2.74. The van der Waals surface area contributed by atoms with Crippen molar-refractivity contribution < 1.29 is 0 Å². The third-order valence-corrected chi connectivity index (χ3v) is 3.07. The molecule has 0 spiro atoms. The molecule has 0 aliphatic rings. The number of nitrogens with one attached hydrogen (secondary N) is 1. The molecule has 0 aromatic carbocycles. The van der Waals surface area contributed by atoms with Crippen LogP contribution in [-0.4, -0.2) is 28.0 Å². The van der Waals surface area contributed by atoms with Crippen molar-refractivity contribution >= 4 is 23.4 Å². The van der Waals surface area contributed by atoms with Crippen molar-refractivity contribution in [3.05, 3.63) is 11.9 Å². The van der Waals surface area contributed by atoms with E-state index in [4.69, 9.17) is 5.73 Å². The molecule has 0 saturated carbocycles. The maximum atomic E-state index is 5.78. The van der Waals surface area contributed by atoms with E-state index in [-0.39, 0.29) is 0 Å². The predicted molar refractivity (Wildman–Crippen MR) is 76.6 cm³/mol. The van der Waals surface area contributed by atoms with Crippen molar-refractivity contribution in [2.75, 3.05) is 23.1 Å². The fourth-order valence-corrected chi connectivity index (χ4v) is 2.03. The van der Waals surface area contributed by atoms with Crippen molar-refractivity contribution in [3.63, 3.8) is 0 Å². The molecule has 0 fully saturated rings. The molecule has 0 bridgehead atoms. The summed E-state index contributed by atoms with van der Waals surface area (Å²) in [7, 11) is 0. The van der Waals surface area contributed by atoms with Gasteiger partial charge in [-0.1, -0.05) is 13.8 Å². The van der Waals surface area contributed by atoms with Crippen LogP contribution in [0.4, 0.5) is 11.6 Å². The van der Waals surface area contributed by atoms with Crippen LogP contribution in [0.1, 0.15) is 38.9 Å². The molecule has 96 valence electrons. The highest BCUT2D eigenvalue weighted by Crippen LogP contribution is 2.16. The third-order valence-electron chi connectivity index (χ3n) is 2.43. The standard InChI is InChI=1S/C12H22N4S/c1-8(2)12-15-10(13)7-11(16-12)14-9(3)5-6-17-4/h7-9H,5-6H2,1-4H3,(H3,13,14,15,16). The number of aromatic nitrogens is 2. The van der Waals surface area contributed by atoms with Gasteiger partial charge in [0.15, 0.2) is 0 Å². The Morgan fingerprint density at radius 1 is 1.35 bits per heavy atom. The lowest BCUT2D eigenvalue weighted by Crippen LogP contribution is -2.18. The molecule has 0 saturated heterocycles. The number of nitrogen functional groups attached to an aromatic ring is 1. The minimum absolute atomic E-state index is 0.292. The number of nitrogens with zero attached hydrogens (tertiary/aromatic N) is 2. The van der Waals surface area contributed by atoms with Crippen molar-refractivity contribution in [2.45, 2.75) is 39.2 Å². The van der Waals surface area contributed by atoms with Crippen LogP contribution in [-0.2, 0) is 0 Å². The van der Waals surface area contributed by atoms with Gasteiger partial charge in [0, 0.05) is 18.0 Å². The molecule has 0 amide bonds. The zero-order valence-corrected chi connectivity index (χ0v) is 11.8. The molecule has 17 heavy (non-hydrogen) atoms. The molecule has 0 aliphatic heterocycles. The van der Waals surface area contributed by atoms with Crippen LogP contribution in [0.2, 0.25) is 0 Å². The molecule has 0 aliphatic carbocycles. The molecular formula is C12H22N4S. The third kappa shape index (κ3) is 4.81. The summed E-state index contributed by atoms with van der Waals surface area (Å²) in [5.74, 6) is 3.59. The Bertz CT molecular complexity index is 354. The van der Waals surface area contributed by atoms with Gasteiger partial charge in [0.05, 0.1) is 0 Å². The molecule has 4 nitrogen and oxygen atoms in total. The molecule has 3 N–H and O–H groups in total. The molecular weight excluding hydrogens is 232 g/mol. The van der Waals surface area contributed by atoms with E-state index in [0.717, 1.165) is 23.8 Å². The summed E-state index contributed by atoms with van der Waals surface area (Å²) in [5.41, 5.74) is 5.78. The highest BCUT2D eigenvalue weighted by Gasteiger charge is 2.08. The fraction of sp³-hybridized carbons (Fsp3) is 0.667. The fourth-order valence-electron chi connectivity index (χ4n) is 1.44. The first kappa shape index (κ1) is 14.1. The van der Waals surface area contributed by atoms with Gasteiger partial charge in [0.1, 0.15) is 17.5 Å². The second-order valence-corrected chi connectivity index (χ2v) is 5.50. The summed E-state index contributed by atoms with van der Waals surface area (Å²) < 4.78 is 0. The quantitative estimate of drug-likeness (QED) is 0.817. The summed E-state index contributed by atoms with van der Waals surface area (Å²) in [5, 5.41) is 3.37. The zero-order chi connectivity index (χ0) is 12.8. The number of hydrogen-bond acceptors (Lipinski definition) is 5. The maximum absolute atomic E-state index is 5.78. The lowest BCUT2D eigenvalue weighted by Gasteiger charge is -2.15. The highest BCUT2D eigenvalue weighted by atomic mass is 32.2. The van der Waals surface area contributed by atoms with Gasteiger partial charge < -0.3 is 11.1 Å². The first-order chi connectivity index (χ1) is 8.02. The van der Waals surface area contributed by atoms with Crippen molar-refractivity contribution in [1.82, 2.24) is 9.97 Å². The molecule has 1 unspecified atom stereocenters. The summed E-state index contributed by atoms with van der Waals surface area (Å²) in [6.45, 7) is 6.29. The Morgan fingerprint density at radius 3 is 2.65 bits per heavy atom. The van der Waals surface area contributed by atoms with Crippen molar-refractivity contribution in [3.8, 4) is 0 Å².